The number of aromatic nitrogens is 1. The van der Waals surface area contributed by atoms with E-state index in [4.69, 9.17) is 9.15 Å². The fourth-order valence-corrected chi connectivity index (χ4v) is 8.32. The van der Waals surface area contributed by atoms with E-state index in [0.717, 1.165) is 48.9 Å². The first-order valence-corrected chi connectivity index (χ1v) is 15.3. The Morgan fingerprint density at radius 2 is 2.05 bits per heavy atom. The van der Waals surface area contributed by atoms with E-state index in [2.05, 4.69) is 42.9 Å². The number of aliphatic hydroxyl groups is 2. The Kier molecular flexibility index (Phi) is 8.36. The van der Waals surface area contributed by atoms with Gasteiger partial charge in [0.1, 0.15) is 12.4 Å². The normalized spacial score (nSPS) is 34.9. The lowest BCUT2D eigenvalue weighted by molar-refractivity contribution is 0.0481. The minimum Gasteiger partial charge on any atom is -0.448 e. The molecule has 220 valence electrons. The number of aryl methyl sites for hydroxylation is 1. The number of hydrogen-bond acceptors (Lipinski definition) is 6. The van der Waals surface area contributed by atoms with Crippen LogP contribution in [0.4, 0.5) is 4.79 Å². The smallest absolute Gasteiger partial charge is 0.407 e. The molecule has 4 aliphatic rings. The zero-order chi connectivity index (χ0) is 28.7. The van der Waals surface area contributed by atoms with Gasteiger partial charge < -0.3 is 24.7 Å². The number of allylic oxidation sites excluding steroid dienone is 3. The SMILES string of the molecule is C=C1C(=CC=C2CCC[C@]3(C)[C@@H]([C@H](C)CC[C@@H](OC(=O)NC)C4(c5nc(C)co5)CC4)CC[C@@H]23)C[C@@H](O)C[C@@H]1O. The standard InChI is InChI=1S/C33H48N2O5/c1-20(8-13-29(40-31(38)34-5)33(15-16-33)30-35-21(2)19-39-30)26-11-12-27-23(7-6-14-32(26,27)4)9-10-24-17-25(36)18-28(37)22(24)3/h9-10,19-20,25-29,36-37H,3,6-8,11-18H2,1-2,4-5H3,(H,34,38)/t20-,25-,26-,27+,28+,29-,32-/m1/s1. The Morgan fingerprint density at radius 1 is 1.27 bits per heavy atom. The molecule has 0 aromatic carbocycles. The van der Waals surface area contributed by atoms with E-state index in [-0.39, 0.29) is 16.9 Å². The lowest BCUT2D eigenvalue weighted by Crippen LogP contribution is -2.38. The van der Waals surface area contributed by atoms with Crippen LogP contribution in [-0.2, 0) is 10.2 Å². The van der Waals surface area contributed by atoms with E-state index in [1.165, 1.54) is 31.3 Å². The molecule has 3 N–H and O–H groups in total. The molecule has 0 spiro atoms. The minimum absolute atomic E-state index is 0.249. The minimum atomic E-state index is -0.652. The maximum atomic E-state index is 12.3. The predicted octanol–water partition coefficient (Wildman–Crippen LogP) is 6.30. The van der Waals surface area contributed by atoms with Gasteiger partial charge in [-0.25, -0.2) is 9.78 Å². The van der Waals surface area contributed by atoms with Crippen LogP contribution in [0.3, 0.4) is 0 Å². The lowest BCUT2D eigenvalue weighted by atomic mass is 9.60. The zero-order valence-corrected chi connectivity index (χ0v) is 24.7. The van der Waals surface area contributed by atoms with Crippen molar-refractivity contribution in [1.82, 2.24) is 10.3 Å². The fourth-order valence-electron chi connectivity index (χ4n) is 8.32. The Morgan fingerprint density at radius 3 is 2.73 bits per heavy atom. The first-order chi connectivity index (χ1) is 19.1. The third-order valence-electron chi connectivity index (χ3n) is 10.8. The van der Waals surface area contributed by atoms with Crippen LogP contribution in [0.15, 0.2) is 46.1 Å². The van der Waals surface area contributed by atoms with Crippen molar-refractivity contribution in [3.63, 3.8) is 0 Å². The summed E-state index contributed by atoms with van der Waals surface area (Å²) in [7, 11) is 1.61. The monoisotopic (exact) mass is 552 g/mol. The quantitative estimate of drug-likeness (QED) is 0.350. The predicted molar refractivity (Wildman–Crippen MR) is 155 cm³/mol. The van der Waals surface area contributed by atoms with Gasteiger partial charge in [0.25, 0.3) is 0 Å². The summed E-state index contributed by atoms with van der Waals surface area (Å²) in [6.07, 6.45) is 14.8. The summed E-state index contributed by atoms with van der Waals surface area (Å²) in [4.78, 5) is 16.9. The lowest BCUT2D eigenvalue weighted by Gasteiger charge is -2.44. The number of carbonyl (C=O) groups is 1. The van der Waals surface area contributed by atoms with Crippen LogP contribution in [0.1, 0.15) is 96.1 Å². The van der Waals surface area contributed by atoms with Crippen LogP contribution in [0, 0.1) is 30.1 Å². The van der Waals surface area contributed by atoms with Gasteiger partial charge in [0, 0.05) is 13.5 Å². The molecule has 4 saturated carbocycles. The van der Waals surface area contributed by atoms with Crippen molar-refractivity contribution in [2.24, 2.45) is 23.2 Å². The molecule has 0 saturated heterocycles. The van der Waals surface area contributed by atoms with Crippen molar-refractivity contribution in [1.29, 1.82) is 0 Å². The van der Waals surface area contributed by atoms with E-state index in [0.29, 0.717) is 36.5 Å². The molecular weight excluding hydrogens is 504 g/mol. The number of nitrogens with one attached hydrogen (secondary N) is 1. The topological polar surface area (TPSA) is 105 Å². The molecule has 4 aliphatic carbocycles. The Bertz CT molecular complexity index is 1160. The summed E-state index contributed by atoms with van der Waals surface area (Å²) in [6.45, 7) is 10.9. The first-order valence-electron chi connectivity index (χ1n) is 15.3. The summed E-state index contributed by atoms with van der Waals surface area (Å²) in [5, 5.41) is 23.0. The van der Waals surface area contributed by atoms with Crippen molar-refractivity contribution in [3.05, 3.63) is 53.3 Å². The average molecular weight is 553 g/mol. The van der Waals surface area contributed by atoms with E-state index in [1.54, 1.807) is 13.3 Å². The highest BCUT2D eigenvalue weighted by molar-refractivity contribution is 5.67. The summed E-state index contributed by atoms with van der Waals surface area (Å²) < 4.78 is 11.8. The van der Waals surface area contributed by atoms with Crippen molar-refractivity contribution in [3.8, 4) is 0 Å². The molecule has 0 radical (unpaired) electrons. The molecule has 7 nitrogen and oxygen atoms in total. The fraction of sp³-hybridized carbons (Fsp3) is 0.697. The molecule has 4 fully saturated rings. The maximum Gasteiger partial charge on any atom is 0.407 e. The van der Waals surface area contributed by atoms with Gasteiger partial charge in [0.2, 0.25) is 5.89 Å². The highest BCUT2D eigenvalue weighted by atomic mass is 16.6. The highest BCUT2D eigenvalue weighted by Gasteiger charge is 2.57. The molecule has 1 aromatic rings. The van der Waals surface area contributed by atoms with Gasteiger partial charge in [0.05, 0.1) is 23.3 Å². The number of amides is 1. The van der Waals surface area contributed by atoms with Crippen LogP contribution in [-0.4, -0.2) is 46.6 Å². The van der Waals surface area contributed by atoms with Crippen LogP contribution >= 0.6 is 0 Å². The number of alkyl carbamates (subject to hydrolysis) is 1. The second-order valence-corrected chi connectivity index (χ2v) is 13.3. The number of nitrogens with zero attached hydrogens (tertiary/aromatic N) is 1. The number of ether oxygens (including phenoxy) is 1. The molecule has 1 amide bonds. The molecule has 0 unspecified atom stereocenters. The van der Waals surface area contributed by atoms with Gasteiger partial charge >= 0.3 is 6.09 Å². The number of hydrogen-bond donors (Lipinski definition) is 3. The van der Waals surface area contributed by atoms with Crippen LogP contribution < -0.4 is 5.32 Å². The third kappa shape index (κ3) is 5.56. The van der Waals surface area contributed by atoms with Crippen molar-refractivity contribution in [2.45, 2.75) is 115 Å². The summed E-state index contributed by atoms with van der Waals surface area (Å²) in [6, 6.07) is 0. The molecule has 0 aliphatic heterocycles. The number of carbonyl (C=O) groups excluding carboxylic acids is 1. The molecular formula is C33H48N2O5. The van der Waals surface area contributed by atoms with Crippen LogP contribution in [0.2, 0.25) is 0 Å². The van der Waals surface area contributed by atoms with Crippen LogP contribution in [0.25, 0.3) is 0 Å². The van der Waals surface area contributed by atoms with Crippen molar-refractivity contribution < 1.29 is 24.2 Å². The second-order valence-electron chi connectivity index (χ2n) is 13.3. The molecule has 1 aromatic heterocycles. The van der Waals surface area contributed by atoms with E-state index < -0.39 is 18.3 Å². The maximum absolute atomic E-state index is 12.3. The number of oxazole rings is 1. The Labute approximate surface area is 239 Å². The molecule has 40 heavy (non-hydrogen) atoms. The summed E-state index contributed by atoms with van der Waals surface area (Å²) in [5.41, 5.74) is 4.04. The van der Waals surface area contributed by atoms with E-state index in [1.807, 2.05) is 6.92 Å². The largest absolute Gasteiger partial charge is 0.448 e. The number of aliphatic hydroxyl groups excluding tert-OH is 2. The van der Waals surface area contributed by atoms with Gasteiger partial charge in [-0.3, -0.25) is 0 Å². The van der Waals surface area contributed by atoms with Crippen molar-refractivity contribution in [2.75, 3.05) is 7.05 Å². The first kappa shape index (κ1) is 29.1. The number of fused-ring (bicyclic) bond motifs is 1. The zero-order valence-electron chi connectivity index (χ0n) is 24.7. The molecule has 1 heterocycles. The van der Waals surface area contributed by atoms with Crippen molar-refractivity contribution >= 4 is 6.09 Å². The van der Waals surface area contributed by atoms with Crippen LogP contribution in [0.5, 0.6) is 0 Å². The van der Waals surface area contributed by atoms with E-state index in [9.17, 15) is 15.0 Å². The van der Waals surface area contributed by atoms with Gasteiger partial charge in [-0.15, -0.1) is 0 Å². The molecule has 0 bridgehead atoms. The summed E-state index contributed by atoms with van der Waals surface area (Å²) >= 11 is 0. The molecule has 7 heteroatoms. The highest BCUT2D eigenvalue weighted by Crippen LogP contribution is 2.60. The third-order valence-corrected chi connectivity index (χ3v) is 10.8. The molecule has 7 atom stereocenters. The second kappa shape index (κ2) is 11.5. The van der Waals surface area contributed by atoms with Gasteiger partial charge in [-0.1, -0.05) is 38.2 Å². The van der Waals surface area contributed by atoms with Gasteiger partial charge in [-0.2, -0.15) is 0 Å². The van der Waals surface area contributed by atoms with E-state index >= 15 is 0 Å². The Balaban J connectivity index is 1.28. The van der Waals surface area contributed by atoms with Gasteiger partial charge in [0.15, 0.2) is 0 Å². The van der Waals surface area contributed by atoms with Gasteiger partial charge in [-0.05, 0) is 105 Å². The Hall–Kier alpha value is -2.38. The molecule has 5 rings (SSSR count). The summed E-state index contributed by atoms with van der Waals surface area (Å²) in [5.74, 6) is 2.38. The number of rotatable bonds is 8. The average Bonchev–Trinajstić information content (AvgIpc) is 3.48.